The maximum atomic E-state index is 11.8. The van der Waals surface area contributed by atoms with E-state index in [1.54, 1.807) is 10.8 Å². The van der Waals surface area contributed by atoms with E-state index < -0.39 is 0 Å². The molecule has 0 saturated heterocycles. The lowest BCUT2D eigenvalue weighted by Crippen LogP contribution is -2.33. The molecule has 0 aliphatic heterocycles. The summed E-state index contributed by atoms with van der Waals surface area (Å²) in [5.74, 6) is 0.769. The van der Waals surface area contributed by atoms with Crippen molar-refractivity contribution >= 4 is 22.6 Å². The summed E-state index contributed by atoms with van der Waals surface area (Å²) in [5.41, 5.74) is 0.0497. The topological polar surface area (TPSA) is 46.9 Å². The number of halogens is 1. The van der Waals surface area contributed by atoms with E-state index in [0.717, 1.165) is 12.4 Å². The molecule has 0 bridgehead atoms. The largest absolute Gasteiger partial charge is 0.313 e. The summed E-state index contributed by atoms with van der Waals surface area (Å²) >= 11 is 2.02. The van der Waals surface area contributed by atoms with E-state index in [1.165, 1.54) is 0 Å². The molecular formula is C10H16IN3O. The van der Waals surface area contributed by atoms with Crippen molar-refractivity contribution in [1.82, 2.24) is 14.9 Å². The smallest absolute Gasteiger partial charge is 0.266 e. The predicted octanol–water partition coefficient (Wildman–Crippen LogP) is 1.15. The first-order valence-electron chi connectivity index (χ1n) is 4.97. The van der Waals surface area contributed by atoms with Gasteiger partial charge in [0.05, 0.1) is 3.57 Å². The van der Waals surface area contributed by atoms with Gasteiger partial charge in [0.15, 0.2) is 0 Å². The van der Waals surface area contributed by atoms with Gasteiger partial charge < -0.3 is 5.32 Å². The molecule has 1 rings (SSSR count). The van der Waals surface area contributed by atoms with Gasteiger partial charge in [0.25, 0.3) is 5.56 Å². The number of hydrogen-bond acceptors (Lipinski definition) is 3. The molecule has 84 valence electrons. The van der Waals surface area contributed by atoms with Gasteiger partial charge in [-0.1, -0.05) is 13.8 Å². The van der Waals surface area contributed by atoms with Gasteiger partial charge >= 0.3 is 0 Å². The van der Waals surface area contributed by atoms with E-state index in [2.05, 4.69) is 24.1 Å². The average molecular weight is 321 g/mol. The molecule has 0 aromatic carbocycles. The maximum absolute atomic E-state index is 11.8. The molecule has 5 heteroatoms. The van der Waals surface area contributed by atoms with Gasteiger partial charge in [-0.25, -0.2) is 4.98 Å². The van der Waals surface area contributed by atoms with Crippen LogP contribution in [0.4, 0.5) is 0 Å². The maximum Gasteiger partial charge on any atom is 0.266 e. The van der Waals surface area contributed by atoms with Crippen LogP contribution in [0.1, 0.15) is 19.7 Å². The van der Waals surface area contributed by atoms with Gasteiger partial charge in [-0.2, -0.15) is 0 Å². The first kappa shape index (κ1) is 12.6. The minimum atomic E-state index is 0.0497. The van der Waals surface area contributed by atoms with Crippen LogP contribution in [-0.4, -0.2) is 22.1 Å². The molecule has 0 aliphatic carbocycles. The van der Waals surface area contributed by atoms with Gasteiger partial charge in [-0.05, 0) is 29.5 Å². The second-order valence-electron chi connectivity index (χ2n) is 3.72. The monoisotopic (exact) mass is 321 g/mol. The SMILES string of the molecule is Cc1ncc(I)c(=O)n1CCNC(C)C. The van der Waals surface area contributed by atoms with E-state index in [9.17, 15) is 4.79 Å². The van der Waals surface area contributed by atoms with Crippen LogP contribution < -0.4 is 10.9 Å². The van der Waals surface area contributed by atoms with Gasteiger partial charge in [0, 0.05) is 25.3 Å². The van der Waals surface area contributed by atoms with Crippen LogP contribution >= 0.6 is 22.6 Å². The molecule has 0 saturated carbocycles. The van der Waals surface area contributed by atoms with Crippen molar-refractivity contribution in [3.05, 3.63) is 25.9 Å². The molecule has 0 aliphatic rings. The first-order chi connectivity index (χ1) is 7.02. The van der Waals surface area contributed by atoms with E-state index in [0.29, 0.717) is 16.2 Å². The lowest BCUT2D eigenvalue weighted by atomic mass is 10.4. The second-order valence-corrected chi connectivity index (χ2v) is 4.88. The van der Waals surface area contributed by atoms with Crippen molar-refractivity contribution < 1.29 is 0 Å². The molecule has 0 radical (unpaired) electrons. The Hall–Kier alpha value is -0.430. The van der Waals surface area contributed by atoms with Crippen molar-refractivity contribution in [3.8, 4) is 0 Å². The summed E-state index contributed by atoms with van der Waals surface area (Å²) < 4.78 is 2.37. The zero-order valence-electron chi connectivity index (χ0n) is 9.25. The quantitative estimate of drug-likeness (QED) is 0.847. The second kappa shape index (κ2) is 5.60. The van der Waals surface area contributed by atoms with Gasteiger partial charge in [-0.3, -0.25) is 9.36 Å². The summed E-state index contributed by atoms with van der Waals surface area (Å²) in [7, 11) is 0. The Balaban J connectivity index is 2.76. The van der Waals surface area contributed by atoms with Crippen LogP contribution in [0.2, 0.25) is 0 Å². The highest BCUT2D eigenvalue weighted by atomic mass is 127. The Morgan fingerprint density at radius 2 is 2.27 bits per heavy atom. The van der Waals surface area contributed by atoms with Crippen LogP contribution in [0.3, 0.4) is 0 Å². The molecule has 15 heavy (non-hydrogen) atoms. The molecule has 0 atom stereocenters. The van der Waals surface area contributed by atoms with E-state index in [1.807, 2.05) is 29.5 Å². The van der Waals surface area contributed by atoms with Crippen LogP contribution in [-0.2, 0) is 6.54 Å². The number of aryl methyl sites for hydroxylation is 1. The highest BCUT2D eigenvalue weighted by Gasteiger charge is 2.04. The van der Waals surface area contributed by atoms with E-state index >= 15 is 0 Å². The van der Waals surface area contributed by atoms with Crippen molar-refractivity contribution in [3.63, 3.8) is 0 Å². The Kier molecular flexibility index (Phi) is 4.72. The average Bonchev–Trinajstić information content (AvgIpc) is 2.17. The highest BCUT2D eigenvalue weighted by Crippen LogP contribution is 1.96. The molecular weight excluding hydrogens is 305 g/mol. The van der Waals surface area contributed by atoms with Gasteiger partial charge in [-0.15, -0.1) is 0 Å². The highest BCUT2D eigenvalue weighted by molar-refractivity contribution is 14.1. The normalized spacial score (nSPS) is 11.0. The van der Waals surface area contributed by atoms with Crippen molar-refractivity contribution in [1.29, 1.82) is 0 Å². The molecule has 1 N–H and O–H groups in total. The third-order valence-electron chi connectivity index (χ3n) is 2.09. The minimum absolute atomic E-state index is 0.0497. The Bertz CT molecular complexity index is 387. The molecule has 1 aromatic heterocycles. The Morgan fingerprint density at radius 1 is 1.60 bits per heavy atom. The number of nitrogens with zero attached hydrogens (tertiary/aromatic N) is 2. The Morgan fingerprint density at radius 3 is 2.87 bits per heavy atom. The lowest BCUT2D eigenvalue weighted by molar-refractivity contribution is 0.522. The van der Waals surface area contributed by atoms with E-state index in [-0.39, 0.29) is 5.56 Å². The van der Waals surface area contributed by atoms with Gasteiger partial charge in [0.2, 0.25) is 0 Å². The summed E-state index contributed by atoms with van der Waals surface area (Å²) in [4.78, 5) is 15.9. The summed E-state index contributed by atoms with van der Waals surface area (Å²) in [6.07, 6.45) is 1.62. The van der Waals surface area contributed by atoms with Crippen LogP contribution in [0.5, 0.6) is 0 Å². The number of nitrogens with one attached hydrogen (secondary N) is 1. The Labute approximate surface area is 103 Å². The molecule has 0 unspecified atom stereocenters. The molecule has 1 aromatic rings. The summed E-state index contributed by atoms with van der Waals surface area (Å²) in [5, 5.41) is 3.28. The van der Waals surface area contributed by atoms with Gasteiger partial charge in [0.1, 0.15) is 5.82 Å². The number of hydrogen-bond donors (Lipinski definition) is 1. The zero-order chi connectivity index (χ0) is 11.4. The lowest BCUT2D eigenvalue weighted by Gasteiger charge is -2.11. The molecule has 0 spiro atoms. The number of rotatable bonds is 4. The van der Waals surface area contributed by atoms with Crippen molar-refractivity contribution in [2.75, 3.05) is 6.54 Å². The van der Waals surface area contributed by atoms with Crippen LogP contribution in [0, 0.1) is 10.5 Å². The molecule has 0 fully saturated rings. The fourth-order valence-corrected chi connectivity index (χ4v) is 1.71. The minimum Gasteiger partial charge on any atom is -0.313 e. The third-order valence-corrected chi connectivity index (χ3v) is 2.83. The van der Waals surface area contributed by atoms with Crippen LogP contribution in [0.15, 0.2) is 11.0 Å². The summed E-state index contributed by atoms with van der Waals surface area (Å²) in [6, 6.07) is 0.441. The number of aromatic nitrogens is 2. The molecule has 1 heterocycles. The molecule has 4 nitrogen and oxygen atoms in total. The van der Waals surface area contributed by atoms with Crippen molar-refractivity contribution in [2.24, 2.45) is 0 Å². The van der Waals surface area contributed by atoms with E-state index in [4.69, 9.17) is 0 Å². The van der Waals surface area contributed by atoms with Crippen LogP contribution in [0.25, 0.3) is 0 Å². The first-order valence-corrected chi connectivity index (χ1v) is 6.05. The fourth-order valence-electron chi connectivity index (χ4n) is 1.28. The van der Waals surface area contributed by atoms with Crippen molar-refractivity contribution in [2.45, 2.75) is 33.4 Å². The predicted molar refractivity (Wildman–Crippen MR) is 69.1 cm³/mol. The fraction of sp³-hybridized carbons (Fsp3) is 0.600. The summed E-state index contributed by atoms with van der Waals surface area (Å²) in [6.45, 7) is 7.49. The molecule has 0 amide bonds. The standard InChI is InChI=1S/C10H16IN3O/c1-7(2)12-4-5-14-8(3)13-6-9(11)10(14)15/h6-7,12H,4-5H2,1-3H3. The zero-order valence-corrected chi connectivity index (χ0v) is 11.4. The third kappa shape index (κ3) is 3.57.